The third-order valence-corrected chi connectivity index (χ3v) is 3.56. The Morgan fingerprint density at radius 3 is 2.25 bits per heavy atom. The molecular formula is C20H19NO3. The minimum absolute atomic E-state index is 0.327. The summed E-state index contributed by atoms with van der Waals surface area (Å²) in [6, 6.07) is 16.9. The Balaban J connectivity index is 2.17. The number of nitrogens with zero attached hydrogens (tertiary/aromatic N) is 1. The smallest absolute Gasteiger partial charge is 0.338 e. The number of ether oxygens (including phenoxy) is 2. The number of esters is 1. The SMILES string of the molecule is CCOC(=O)c1ccc(C/C(=C\C#N)c2ccc(OC)cc2)cc1. The van der Waals surface area contributed by atoms with Gasteiger partial charge in [0.15, 0.2) is 0 Å². The summed E-state index contributed by atoms with van der Waals surface area (Å²) in [5.41, 5.74) is 3.41. The van der Waals surface area contributed by atoms with Crippen molar-refractivity contribution < 1.29 is 14.3 Å². The van der Waals surface area contributed by atoms with E-state index in [-0.39, 0.29) is 5.97 Å². The number of nitriles is 1. The zero-order chi connectivity index (χ0) is 17.4. The number of hydrogen-bond acceptors (Lipinski definition) is 4. The average Bonchev–Trinajstić information content (AvgIpc) is 2.62. The molecule has 2 rings (SSSR count). The summed E-state index contributed by atoms with van der Waals surface area (Å²) < 4.78 is 10.1. The predicted molar refractivity (Wildman–Crippen MR) is 92.7 cm³/mol. The van der Waals surface area contributed by atoms with Crippen molar-refractivity contribution >= 4 is 11.5 Å². The molecule has 4 heteroatoms. The van der Waals surface area contributed by atoms with E-state index in [2.05, 4.69) is 6.07 Å². The van der Waals surface area contributed by atoms with E-state index in [1.165, 1.54) is 0 Å². The molecule has 4 nitrogen and oxygen atoms in total. The van der Waals surface area contributed by atoms with Crippen LogP contribution in [0.15, 0.2) is 54.6 Å². The van der Waals surface area contributed by atoms with Gasteiger partial charge in [-0.25, -0.2) is 4.79 Å². The van der Waals surface area contributed by atoms with Crippen LogP contribution in [0.3, 0.4) is 0 Å². The minimum Gasteiger partial charge on any atom is -0.497 e. The maximum Gasteiger partial charge on any atom is 0.338 e. The summed E-state index contributed by atoms with van der Waals surface area (Å²) in [6.07, 6.45) is 2.14. The van der Waals surface area contributed by atoms with E-state index in [1.54, 1.807) is 32.2 Å². The summed E-state index contributed by atoms with van der Waals surface area (Å²) in [5, 5.41) is 9.04. The molecule has 0 heterocycles. The zero-order valence-electron chi connectivity index (χ0n) is 13.8. The maximum atomic E-state index is 11.7. The van der Waals surface area contributed by atoms with Crippen molar-refractivity contribution in [1.82, 2.24) is 0 Å². The van der Waals surface area contributed by atoms with Gasteiger partial charge in [0, 0.05) is 6.08 Å². The largest absolute Gasteiger partial charge is 0.497 e. The molecule has 0 amide bonds. The van der Waals surface area contributed by atoms with Crippen molar-refractivity contribution in [2.75, 3.05) is 13.7 Å². The number of carbonyl (C=O) groups is 1. The first-order chi connectivity index (χ1) is 11.7. The Bertz CT molecular complexity index is 753. The first-order valence-corrected chi connectivity index (χ1v) is 7.67. The number of allylic oxidation sites excluding steroid dienone is 2. The summed E-state index contributed by atoms with van der Waals surface area (Å²) in [4.78, 5) is 11.7. The predicted octanol–water partition coefficient (Wildman–Crippen LogP) is 4.02. The molecule has 0 aromatic heterocycles. The van der Waals surface area contributed by atoms with Crippen molar-refractivity contribution in [2.24, 2.45) is 0 Å². The van der Waals surface area contributed by atoms with Gasteiger partial charge in [0.2, 0.25) is 0 Å². The first kappa shape index (κ1) is 17.3. The quantitative estimate of drug-likeness (QED) is 0.595. The highest BCUT2D eigenvalue weighted by molar-refractivity contribution is 5.89. The number of hydrogen-bond donors (Lipinski definition) is 0. The molecule has 0 bridgehead atoms. The molecule has 0 radical (unpaired) electrons. The highest BCUT2D eigenvalue weighted by atomic mass is 16.5. The summed E-state index contributed by atoms with van der Waals surface area (Å²) in [7, 11) is 1.62. The second-order valence-electron chi connectivity index (χ2n) is 5.12. The molecule has 2 aromatic rings. The lowest BCUT2D eigenvalue weighted by molar-refractivity contribution is 0.0526. The van der Waals surface area contributed by atoms with Crippen molar-refractivity contribution in [3.05, 3.63) is 71.3 Å². The van der Waals surface area contributed by atoms with Gasteiger partial charge in [0.25, 0.3) is 0 Å². The molecule has 0 N–H and O–H groups in total. The molecule has 0 saturated carbocycles. The number of benzene rings is 2. The maximum absolute atomic E-state index is 11.7. The van der Waals surface area contributed by atoms with Crippen LogP contribution in [0, 0.1) is 11.3 Å². The average molecular weight is 321 g/mol. The topological polar surface area (TPSA) is 59.3 Å². The summed E-state index contributed by atoms with van der Waals surface area (Å²) in [5.74, 6) is 0.445. The monoisotopic (exact) mass is 321 g/mol. The molecule has 0 spiro atoms. The van der Waals surface area contributed by atoms with Gasteiger partial charge in [-0.3, -0.25) is 0 Å². The molecule has 24 heavy (non-hydrogen) atoms. The van der Waals surface area contributed by atoms with Crippen LogP contribution in [-0.4, -0.2) is 19.7 Å². The van der Waals surface area contributed by atoms with E-state index in [0.717, 1.165) is 22.4 Å². The highest BCUT2D eigenvalue weighted by Crippen LogP contribution is 2.22. The number of carbonyl (C=O) groups excluding carboxylic acids is 1. The normalized spacial score (nSPS) is 10.8. The lowest BCUT2D eigenvalue weighted by Crippen LogP contribution is -2.04. The Hall–Kier alpha value is -3.06. The standard InChI is InChI=1S/C20H19NO3/c1-3-24-20(22)17-6-4-15(5-7-17)14-18(12-13-21)16-8-10-19(23-2)11-9-16/h4-12H,3,14H2,1-2H3/b18-12+. The van der Waals surface area contributed by atoms with Crippen LogP contribution < -0.4 is 4.74 Å². The second kappa shape index (κ2) is 8.54. The number of rotatable bonds is 6. The summed E-state index contributed by atoms with van der Waals surface area (Å²) in [6.45, 7) is 2.13. The van der Waals surface area contributed by atoms with Gasteiger partial charge in [-0.05, 0) is 54.3 Å². The van der Waals surface area contributed by atoms with E-state index >= 15 is 0 Å². The van der Waals surface area contributed by atoms with Gasteiger partial charge < -0.3 is 9.47 Å². The van der Waals surface area contributed by atoms with Gasteiger partial charge in [-0.15, -0.1) is 0 Å². The van der Waals surface area contributed by atoms with Crippen molar-refractivity contribution in [1.29, 1.82) is 5.26 Å². The Morgan fingerprint density at radius 2 is 1.71 bits per heavy atom. The van der Waals surface area contributed by atoms with Crippen LogP contribution in [0.5, 0.6) is 5.75 Å². The molecule has 0 saturated heterocycles. The van der Waals surface area contributed by atoms with Gasteiger partial charge >= 0.3 is 5.97 Å². The van der Waals surface area contributed by atoms with E-state index in [4.69, 9.17) is 14.7 Å². The first-order valence-electron chi connectivity index (χ1n) is 7.67. The Morgan fingerprint density at radius 1 is 1.08 bits per heavy atom. The lowest BCUT2D eigenvalue weighted by Gasteiger charge is -2.09. The number of methoxy groups -OCH3 is 1. The van der Waals surface area contributed by atoms with Gasteiger partial charge in [-0.2, -0.15) is 5.26 Å². The lowest BCUT2D eigenvalue weighted by atomic mass is 9.97. The fourth-order valence-corrected chi connectivity index (χ4v) is 2.31. The molecule has 122 valence electrons. The third-order valence-electron chi connectivity index (χ3n) is 3.56. The van der Waals surface area contributed by atoms with Crippen LogP contribution in [0.4, 0.5) is 0 Å². The Labute approximate surface area is 141 Å². The van der Waals surface area contributed by atoms with Crippen molar-refractivity contribution in [3.8, 4) is 11.8 Å². The molecule has 0 aliphatic rings. The van der Waals surface area contributed by atoms with E-state index < -0.39 is 0 Å². The fourth-order valence-electron chi connectivity index (χ4n) is 2.31. The van der Waals surface area contributed by atoms with Crippen LogP contribution in [-0.2, 0) is 11.2 Å². The van der Waals surface area contributed by atoms with Gasteiger partial charge in [0.05, 0.1) is 25.3 Å². The molecule has 0 unspecified atom stereocenters. The molecule has 0 fully saturated rings. The van der Waals surface area contributed by atoms with E-state index in [1.807, 2.05) is 36.4 Å². The van der Waals surface area contributed by atoms with Crippen LogP contribution >= 0.6 is 0 Å². The second-order valence-corrected chi connectivity index (χ2v) is 5.12. The van der Waals surface area contributed by atoms with Crippen LogP contribution in [0.2, 0.25) is 0 Å². The van der Waals surface area contributed by atoms with Crippen molar-refractivity contribution in [3.63, 3.8) is 0 Å². The van der Waals surface area contributed by atoms with Crippen molar-refractivity contribution in [2.45, 2.75) is 13.3 Å². The highest BCUT2D eigenvalue weighted by Gasteiger charge is 2.08. The molecule has 2 aromatic carbocycles. The summed E-state index contributed by atoms with van der Waals surface area (Å²) >= 11 is 0. The fraction of sp³-hybridized carbons (Fsp3) is 0.200. The Kier molecular flexibility index (Phi) is 6.16. The third kappa shape index (κ3) is 4.47. The van der Waals surface area contributed by atoms with Gasteiger partial charge in [0.1, 0.15) is 5.75 Å². The minimum atomic E-state index is -0.327. The van der Waals surface area contributed by atoms with E-state index in [0.29, 0.717) is 18.6 Å². The van der Waals surface area contributed by atoms with Crippen LogP contribution in [0.25, 0.3) is 5.57 Å². The van der Waals surface area contributed by atoms with Crippen LogP contribution in [0.1, 0.15) is 28.4 Å². The molecule has 0 aliphatic heterocycles. The molecule has 0 aliphatic carbocycles. The van der Waals surface area contributed by atoms with Gasteiger partial charge in [-0.1, -0.05) is 24.3 Å². The zero-order valence-corrected chi connectivity index (χ0v) is 13.8. The van der Waals surface area contributed by atoms with E-state index in [9.17, 15) is 4.79 Å². The molecular weight excluding hydrogens is 302 g/mol. The molecule has 0 atom stereocenters.